The lowest BCUT2D eigenvalue weighted by molar-refractivity contribution is -0.109. The Kier molecular flexibility index (Phi) is 6.22. The molecule has 60 valence electrons. The van der Waals surface area contributed by atoms with Gasteiger partial charge in [0.25, 0.3) is 0 Å². The molecule has 1 atom stereocenters. The summed E-state index contributed by atoms with van der Waals surface area (Å²) in [6.45, 7) is 6.77. The Hall–Kier alpha value is -0.540. The molecule has 0 aliphatic carbocycles. The van der Waals surface area contributed by atoms with Gasteiger partial charge in [-0.3, -0.25) is 0 Å². The third kappa shape index (κ3) is 5.59. The van der Waals surface area contributed by atoms with Crippen LogP contribution in [0.5, 0.6) is 0 Å². The molecule has 0 amide bonds. The summed E-state index contributed by atoms with van der Waals surface area (Å²) < 4.78 is 10.0. The van der Waals surface area contributed by atoms with E-state index in [1.165, 1.54) is 0 Å². The molecule has 0 radical (unpaired) electrons. The summed E-state index contributed by atoms with van der Waals surface area (Å²) in [5.74, 6) is 0. The van der Waals surface area contributed by atoms with Gasteiger partial charge in [0, 0.05) is 13.7 Å². The van der Waals surface area contributed by atoms with E-state index in [0.717, 1.165) is 6.54 Å². The molecule has 0 bridgehead atoms. The smallest absolute Gasteiger partial charge is 0.154 e. The minimum absolute atomic E-state index is 0.119. The van der Waals surface area contributed by atoms with Crippen LogP contribution in [0.15, 0.2) is 12.8 Å². The Morgan fingerprint density at radius 3 is 2.90 bits per heavy atom. The summed E-state index contributed by atoms with van der Waals surface area (Å²) in [5, 5.41) is 2.91. The van der Waals surface area contributed by atoms with Gasteiger partial charge in [0.1, 0.15) is 0 Å². The molecule has 0 rings (SSSR count). The van der Waals surface area contributed by atoms with Crippen molar-refractivity contribution >= 4 is 0 Å². The van der Waals surface area contributed by atoms with Gasteiger partial charge in [-0.1, -0.05) is 6.58 Å². The first-order valence-corrected chi connectivity index (χ1v) is 3.30. The van der Waals surface area contributed by atoms with Crippen molar-refractivity contribution < 1.29 is 9.47 Å². The number of methoxy groups -OCH3 is 1. The number of rotatable bonds is 6. The van der Waals surface area contributed by atoms with Gasteiger partial charge in [-0.25, -0.2) is 0 Å². The molecule has 0 spiro atoms. The molecule has 0 aliphatic rings. The maximum Gasteiger partial charge on any atom is 0.154 e. The average Bonchev–Trinajstić information content (AvgIpc) is 1.98. The fourth-order valence-electron chi connectivity index (χ4n) is 0.454. The van der Waals surface area contributed by atoms with Gasteiger partial charge in [-0.2, -0.15) is 0 Å². The van der Waals surface area contributed by atoms with E-state index in [0.29, 0.717) is 6.61 Å². The summed E-state index contributed by atoms with van der Waals surface area (Å²) in [6, 6.07) is 0. The maximum atomic E-state index is 5.16. The summed E-state index contributed by atoms with van der Waals surface area (Å²) >= 11 is 0. The van der Waals surface area contributed by atoms with Crippen LogP contribution in [0.4, 0.5) is 0 Å². The molecule has 1 N–H and O–H groups in total. The standard InChI is InChI=1S/C7H15NO2/c1-4-8-5-6-10-7(2)9-3/h4,7-8H,1,5-6H2,2-3H3. The van der Waals surface area contributed by atoms with Crippen molar-refractivity contribution in [1.82, 2.24) is 5.32 Å². The zero-order chi connectivity index (χ0) is 7.82. The third-order valence-corrected chi connectivity index (χ3v) is 1.08. The van der Waals surface area contributed by atoms with Crippen LogP contribution in [0.1, 0.15) is 6.92 Å². The molecule has 0 aromatic carbocycles. The van der Waals surface area contributed by atoms with Crippen molar-refractivity contribution in [1.29, 1.82) is 0 Å². The van der Waals surface area contributed by atoms with Crippen molar-refractivity contribution in [3.63, 3.8) is 0 Å². The minimum Gasteiger partial charge on any atom is -0.389 e. The van der Waals surface area contributed by atoms with Gasteiger partial charge in [-0.15, -0.1) is 0 Å². The Labute approximate surface area is 62.0 Å². The molecule has 10 heavy (non-hydrogen) atoms. The predicted molar refractivity (Wildman–Crippen MR) is 40.6 cm³/mol. The first-order chi connectivity index (χ1) is 4.81. The molecule has 0 aromatic heterocycles. The molecule has 1 unspecified atom stereocenters. The highest BCUT2D eigenvalue weighted by atomic mass is 16.7. The van der Waals surface area contributed by atoms with Crippen LogP contribution in [0.2, 0.25) is 0 Å². The van der Waals surface area contributed by atoms with Crippen molar-refractivity contribution in [3.05, 3.63) is 12.8 Å². The molecule has 0 saturated heterocycles. The molecule has 0 saturated carbocycles. The normalized spacial score (nSPS) is 12.6. The fraction of sp³-hybridized carbons (Fsp3) is 0.714. The molecule has 3 heteroatoms. The lowest BCUT2D eigenvalue weighted by atomic mass is 10.6. The van der Waals surface area contributed by atoms with Gasteiger partial charge in [0.2, 0.25) is 0 Å². The summed E-state index contributed by atoms with van der Waals surface area (Å²) in [6.07, 6.45) is 1.52. The van der Waals surface area contributed by atoms with Crippen LogP contribution in [0.3, 0.4) is 0 Å². The SMILES string of the molecule is C=CNCCOC(C)OC. The predicted octanol–water partition coefficient (Wildman–Crippen LogP) is 0.728. The lowest BCUT2D eigenvalue weighted by Gasteiger charge is -2.09. The molecule has 0 heterocycles. The van der Waals surface area contributed by atoms with Gasteiger partial charge in [-0.05, 0) is 13.1 Å². The topological polar surface area (TPSA) is 30.5 Å². The maximum absolute atomic E-state index is 5.16. The van der Waals surface area contributed by atoms with E-state index < -0.39 is 0 Å². The first-order valence-electron chi connectivity index (χ1n) is 3.30. The average molecular weight is 145 g/mol. The largest absolute Gasteiger partial charge is 0.389 e. The molecule has 0 fully saturated rings. The van der Waals surface area contributed by atoms with Crippen LogP contribution in [-0.2, 0) is 9.47 Å². The van der Waals surface area contributed by atoms with E-state index >= 15 is 0 Å². The van der Waals surface area contributed by atoms with Crippen LogP contribution < -0.4 is 5.32 Å². The van der Waals surface area contributed by atoms with E-state index in [1.54, 1.807) is 13.3 Å². The van der Waals surface area contributed by atoms with Crippen LogP contribution >= 0.6 is 0 Å². The second kappa shape index (κ2) is 6.58. The number of hydrogen-bond acceptors (Lipinski definition) is 3. The van der Waals surface area contributed by atoms with Crippen molar-refractivity contribution in [2.75, 3.05) is 20.3 Å². The quantitative estimate of drug-likeness (QED) is 0.441. The monoisotopic (exact) mass is 145 g/mol. The molecule has 0 aromatic rings. The van der Waals surface area contributed by atoms with Gasteiger partial charge in [0.15, 0.2) is 6.29 Å². The van der Waals surface area contributed by atoms with E-state index in [2.05, 4.69) is 11.9 Å². The van der Waals surface area contributed by atoms with E-state index in [-0.39, 0.29) is 6.29 Å². The van der Waals surface area contributed by atoms with Crippen LogP contribution in [0.25, 0.3) is 0 Å². The minimum atomic E-state index is -0.119. The highest BCUT2D eigenvalue weighted by Gasteiger charge is 1.95. The Bertz CT molecular complexity index is 85.7. The highest BCUT2D eigenvalue weighted by Crippen LogP contribution is 1.87. The van der Waals surface area contributed by atoms with Gasteiger partial charge >= 0.3 is 0 Å². The Morgan fingerprint density at radius 2 is 2.40 bits per heavy atom. The first kappa shape index (κ1) is 9.46. The number of nitrogens with one attached hydrogen (secondary N) is 1. The van der Waals surface area contributed by atoms with Crippen molar-refractivity contribution in [2.24, 2.45) is 0 Å². The summed E-state index contributed by atoms with van der Waals surface area (Å²) in [7, 11) is 1.62. The zero-order valence-electron chi connectivity index (χ0n) is 6.59. The van der Waals surface area contributed by atoms with Crippen molar-refractivity contribution in [3.8, 4) is 0 Å². The van der Waals surface area contributed by atoms with Crippen molar-refractivity contribution in [2.45, 2.75) is 13.2 Å². The van der Waals surface area contributed by atoms with Gasteiger partial charge in [0.05, 0.1) is 6.61 Å². The molecular formula is C7H15NO2. The molecule has 3 nitrogen and oxygen atoms in total. The second-order valence-corrected chi connectivity index (χ2v) is 1.83. The van der Waals surface area contributed by atoms with E-state index in [1.807, 2.05) is 6.92 Å². The lowest BCUT2D eigenvalue weighted by Crippen LogP contribution is -2.18. The van der Waals surface area contributed by atoms with E-state index in [9.17, 15) is 0 Å². The molecule has 0 aliphatic heterocycles. The fourth-order valence-corrected chi connectivity index (χ4v) is 0.454. The third-order valence-electron chi connectivity index (χ3n) is 1.08. The highest BCUT2D eigenvalue weighted by molar-refractivity contribution is 4.61. The number of hydrogen-bond donors (Lipinski definition) is 1. The van der Waals surface area contributed by atoms with Gasteiger partial charge < -0.3 is 14.8 Å². The van der Waals surface area contributed by atoms with E-state index in [4.69, 9.17) is 9.47 Å². The second-order valence-electron chi connectivity index (χ2n) is 1.83. The Balaban J connectivity index is 2.95. The summed E-state index contributed by atoms with van der Waals surface area (Å²) in [4.78, 5) is 0. The zero-order valence-corrected chi connectivity index (χ0v) is 6.59. The summed E-state index contributed by atoms with van der Waals surface area (Å²) in [5.41, 5.74) is 0. The Morgan fingerprint density at radius 1 is 1.70 bits per heavy atom. The van der Waals surface area contributed by atoms with Crippen LogP contribution in [0, 0.1) is 0 Å². The number of ether oxygens (including phenoxy) is 2. The molecular weight excluding hydrogens is 130 g/mol. The van der Waals surface area contributed by atoms with Crippen LogP contribution in [-0.4, -0.2) is 26.6 Å².